The lowest BCUT2D eigenvalue weighted by Gasteiger charge is -2.30. The first-order chi connectivity index (χ1) is 16.1. The van der Waals surface area contributed by atoms with Crippen LogP contribution in [0.5, 0.6) is 5.88 Å². The minimum Gasteiger partial charge on any atom is -0.494 e. The summed E-state index contributed by atoms with van der Waals surface area (Å²) in [5.41, 5.74) is 1.04. The molecule has 0 bridgehead atoms. The number of benzene rings is 1. The first-order valence-electron chi connectivity index (χ1n) is 9.93. The molecule has 176 valence electrons. The molecule has 1 atom stereocenters. The molecule has 1 unspecified atom stereocenters. The van der Waals surface area contributed by atoms with Gasteiger partial charge in [0.05, 0.1) is 19.8 Å². The second kappa shape index (κ2) is 8.33. The zero-order valence-corrected chi connectivity index (χ0v) is 18.3. The molecule has 2 aliphatic rings. The van der Waals surface area contributed by atoms with Crippen molar-refractivity contribution in [2.75, 3.05) is 21.1 Å². The zero-order valence-electron chi connectivity index (χ0n) is 18.3. The highest BCUT2D eigenvalue weighted by molar-refractivity contribution is 6.23. The maximum Gasteiger partial charge on any atom is 0.421 e. The van der Waals surface area contributed by atoms with E-state index < -0.39 is 40.9 Å². The van der Waals surface area contributed by atoms with Crippen LogP contribution in [0.15, 0.2) is 39.0 Å². The van der Waals surface area contributed by atoms with Crippen LogP contribution in [0.2, 0.25) is 0 Å². The summed E-state index contributed by atoms with van der Waals surface area (Å²) < 4.78 is 18.3. The minimum atomic E-state index is -0.879. The number of aromatic amines is 1. The number of aromatic hydroxyl groups is 1. The topological polar surface area (TPSA) is 157 Å². The summed E-state index contributed by atoms with van der Waals surface area (Å²) in [6.45, 7) is -0.124. The van der Waals surface area contributed by atoms with Crippen LogP contribution in [-0.4, -0.2) is 86.5 Å². The van der Waals surface area contributed by atoms with E-state index in [1.807, 2.05) is 0 Å². The van der Waals surface area contributed by atoms with Crippen molar-refractivity contribution < 1.29 is 19.1 Å². The Kier molecular flexibility index (Phi) is 5.51. The van der Waals surface area contributed by atoms with E-state index in [0.29, 0.717) is 5.56 Å². The number of fused-ring (bicyclic) bond motifs is 1. The third-order valence-electron chi connectivity index (χ3n) is 5.49. The van der Waals surface area contributed by atoms with Crippen LogP contribution in [0.4, 0.5) is 9.18 Å². The highest BCUT2D eigenvalue weighted by Crippen LogP contribution is 2.16. The van der Waals surface area contributed by atoms with Gasteiger partial charge in [0.2, 0.25) is 11.9 Å². The number of halogens is 1. The molecule has 1 aromatic heterocycles. The number of amidine groups is 1. The zero-order chi connectivity index (χ0) is 24.7. The fourth-order valence-corrected chi connectivity index (χ4v) is 3.55. The summed E-state index contributed by atoms with van der Waals surface area (Å²) in [5, 5.41) is 14.4. The maximum atomic E-state index is 13.1. The molecule has 34 heavy (non-hydrogen) atoms. The van der Waals surface area contributed by atoms with E-state index in [9.17, 15) is 28.7 Å². The standard InChI is InChI=1S/C20H19FN8O5/c1-26-13-14(27(2)20(34)28(3)17(13)32)23-18(26)25-22-8-12-15(30)24-19(33)29(16(12)31)9-10-4-6-11(21)7-5-10/h4-8,13H,9H2,1-3H3,(H2,22,24,30,31,33)/p+1. The van der Waals surface area contributed by atoms with Crippen LogP contribution < -0.4 is 21.3 Å². The molecular weight excluding hydrogens is 451 g/mol. The summed E-state index contributed by atoms with van der Waals surface area (Å²) in [6, 6.07) is 3.92. The van der Waals surface area contributed by atoms with Gasteiger partial charge in [0.25, 0.3) is 11.5 Å². The molecule has 0 saturated carbocycles. The normalized spacial score (nSPS) is 17.9. The van der Waals surface area contributed by atoms with Crippen molar-refractivity contribution in [3.8, 4) is 5.88 Å². The Balaban J connectivity index is 1.60. The predicted octanol–water partition coefficient (Wildman–Crippen LogP) is -1.99. The third kappa shape index (κ3) is 3.71. The Hall–Kier alpha value is -4.71. The van der Waals surface area contributed by atoms with E-state index in [1.54, 1.807) is 7.05 Å². The molecule has 3 N–H and O–H groups in total. The van der Waals surface area contributed by atoms with Crippen LogP contribution >= 0.6 is 0 Å². The number of hydrazone groups is 1. The first kappa shape index (κ1) is 22.5. The van der Waals surface area contributed by atoms with Crippen molar-refractivity contribution in [2.45, 2.75) is 12.6 Å². The Morgan fingerprint density at radius 3 is 2.50 bits per heavy atom. The number of guanidine groups is 1. The van der Waals surface area contributed by atoms with E-state index >= 15 is 0 Å². The van der Waals surface area contributed by atoms with Crippen molar-refractivity contribution in [3.63, 3.8) is 0 Å². The van der Waals surface area contributed by atoms with E-state index in [1.165, 1.54) is 48.2 Å². The lowest BCUT2D eigenvalue weighted by molar-refractivity contribution is -0.130. The van der Waals surface area contributed by atoms with E-state index in [-0.39, 0.29) is 23.9 Å². The van der Waals surface area contributed by atoms with Gasteiger partial charge in [0, 0.05) is 14.1 Å². The molecule has 0 aliphatic carbocycles. The smallest absolute Gasteiger partial charge is 0.421 e. The van der Waals surface area contributed by atoms with Gasteiger partial charge in [-0.1, -0.05) is 12.1 Å². The fraction of sp³-hybridized carbons (Fsp3) is 0.250. The Morgan fingerprint density at radius 1 is 1.15 bits per heavy atom. The molecule has 1 saturated heterocycles. The Bertz CT molecular complexity index is 1400. The molecule has 3 heterocycles. The van der Waals surface area contributed by atoms with Gasteiger partial charge in [0.1, 0.15) is 11.4 Å². The quantitative estimate of drug-likeness (QED) is 0.265. The number of likely N-dealkylation sites (N-methyl/N-ethyl adjacent to an activating group) is 3. The van der Waals surface area contributed by atoms with Gasteiger partial charge in [-0.15, -0.1) is 5.10 Å². The Labute approximate surface area is 190 Å². The SMILES string of the molecule is CN1C(=O)C2C(=[N+]=C(N/N=C/c3c(O)n(Cc4ccc(F)cc4)c(=O)[nH]c3=O)N2C)N(C)C1=O. The molecule has 13 nitrogen and oxygen atoms in total. The number of amides is 3. The minimum absolute atomic E-state index is 0.120. The number of hydrogen-bond acceptors (Lipinski definition) is 8. The molecule has 1 aromatic carbocycles. The van der Waals surface area contributed by atoms with E-state index in [0.717, 1.165) is 15.7 Å². The average molecular weight is 471 g/mol. The number of imide groups is 1. The molecule has 2 aliphatic heterocycles. The molecular formula is C20H20FN8O5+. The first-order valence-corrected chi connectivity index (χ1v) is 9.93. The molecule has 0 radical (unpaired) electrons. The lowest BCUT2D eigenvalue weighted by atomic mass is 10.1. The average Bonchev–Trinajstić information content (AvgIpc) is 3.13. The molecule has 0 spiro atoms. The number of hydrogen-bond donors (Lipinski definition) is 3. The van der Waals surface area contributed by atoms with E-state index in [4.69, 9.17) is 0 Å². The molecule has 1 fully saturated rings. The third-order valence-corrected chi connectivity index (χ3v) is 5.49. The van der Waals surface area contributed by atoms with Crippen molar-refractivity contribution in [1.29, 1.82) is 0 Å². The summed E-state index contributed by atoms with van der Waals surface area (Å²) in [7, 11) is 4.42. The predicted molar refractivity (Wildman–Crippen MR) is 119 cm³/mol. The largest absolute Gasteiger partial charge is 0.494 e. The van der Waals surface area contributed by atoms with Gasteiger partial charge < -0.3 is 5.11 Å². The van der Waals surface area contributed by atoms with Gasteiger partial charge in [-0.3, -0.25) is 24.0 Å². The van der Waals surface area contributed by atoms with Crippen LogP contribution in [0.3, 0.4) is 0 Å². The second-order valence-electron chi connectivity index (χ2n) is 7.63. The van der Waals surface area contributed by atoms with Gasteiger partial charge >= 0.3 is 23.5 Å². The highest BCUT2D eigenvalue weighted by Gasteiger charge is 2.53. The van der Waals surface area contributed by atoms with Crippen molar-refractivity contribution >= 4 is 29.9 Å². The number of nitrogens with one attached hydrogen (secondary N) is 2. The molecule has 3 amide bonds. The summed E-state index contributed by atoms with van der Waals surface area (Å²) in [6.07, 6.45) is 0.987. The second-order valence-corrected chi connectivity index (χ2v) is 7.63. The van der Waals surface area contributed by atoms with Crippen LogP contribution in [0, 0.1) is 5.82 Å². The number of carbonyl (C=O) groups is 2. The molecule has 14 heteroatoms. The van der Waals surface area contributed by atoms with E-state index in [2.05, 4.69) is 20.2 Å². The van der Waals surface area contributed by atoms with Crippen molar-refractivity contribution in [3.05, 3.63) is 62.0 Å². The van der Waals surface area contributed by atoms with Gasteiger partial charge in [-0.05, 0) is 17.7 Å². The number of carbonyl (C=O) groups excluding carboxylic acids is 2. The summed E-state index contributed by atoms with van der Waals surface area (Å²) in [5.74, 6) is -1.23. The lowest BCUT2D eigenvalue weighted by Crippen LogP contribution is -2.63. The van der Waals surface area contributed by atoms with Gasteiger partial charge in [-0.2, -0.15) is 5.43 Å². The van der Waals surface area contributed by atoms with Crippen LogP contribution in [-0.2, 0) is 11.3 Å². The monoisotopic (exact) mass is 471 g/mol. The fourth-order valence-electron chi connectivity index (χ4n) is 3.55. The number of urea groups is 1. The highest BCUT2D eigenvalue weighted by atomic mass is 19.1. The number of H-pyrrole nitrogens is 1. The van der Waals surface area contributed by atoms with Crippen LogP contribution in [0.1, 0.15) is 11.1 Å². The summed E-state index contributed by atoms with van der Waals surface area (Å²) in [4.78, 5) is 54.8. The molecule has 2 aromatic rings. The van der Waals surface area contributed by atoms with Crippen molar-refractivity contribution in [1.82, 2.24) is 34.3 Å². The number of aromatic nitrogens is 2. The number of rotatable bonds is 4. The molecule has 4 rings (SSSR count). The number of nitrogens with zero attached hydrogens (tertiary/aromatic N) is 6. The maximum absolute atomic E-state index is 13.1. The van der Waals surface area contributed by atoms with Gasteiger partial charge in [0.15, 0.2) is 0 Å². The van der Waals surface area contributed by atoms with Gasteiger partial charge in [-0.25, -0.2) is 28.4 Å². The Morgan fingerprint density at radius 2 is 1.82 bits per heavy atom. The summed E-state index contributed by atoms with van der Waals surface area (Å²) >= 11 is 0. The van der Waals surface area contributed by atoms with Crippen LogP contribution in [0.25, 0.3) is 0 Å². The van der Waals surface area contributed by atoms with Crippen molar-refractivity contribution in [2.24, 2.45) is 5.10 Å².